The zero-order chi connectivity index (χ0) is 10.8. The van der Waals surface area contributed by atoms with Crippen LogP contribution in [-0.4, -0.2) is 18.9 Å². The molecule has 3 N–H and O–H groups in total. The minimum Gasteiger partial charge on any atom is -0.397 e. The summed E-state index contributed by atoms with van der Waals surface area (Å²) in [5.74, 6) is 0.236. The number of nitrogens with one attached hydrogen (secondary N) is 1. The SMILES string of the molecule is Nc1c(Br)cccc1C(=O)C1CCNC1. The number of benzene rings is 1. The second kappa shape index (κ2) is 4.33. The van der Waals surface area contributed by atoms with Gasteiger partial charge in [-0.1, -0.05) is 6.07 Å². The van der Waals surface area contributed by atoms with Crippen LogP contribution in [0.4, 0.5) is 5.69 Å². The molecular weight excluding hydrogens is 256 g/mol. The number of nitrogens with two attached hydrogens (primary N) is 1. The highest BCUT2D eigenvalue weighted by molar-refractivity contribution is 9.10. The number of carbonyl (C=O) groups excluding carboxylic acids is 1. The van der Waals surface area contributed by atoms with Crippen molar-refractivity contribution in [3.05, 3.63) is 28.2 Å². The van der Waals surface area contributed by atoms with Crippen LogP contribution in [0, 0.1) is 5.92 Å². The number of anilines is 1. The van der Waals surface area contributed by atoms with Gasteiger partial charge in [0.25, 0.3) is 0 Å². The number of carbonyl (C=O) groups is 1. The summed E-state index contributed by atoms with van der Waals surface area (Å²) in [7, 11) is 0. The van der Waals surface area contributed by atoms with Crippen molar-refractivity contribution in [1.82, 2.24) is 5.32 Å². The minimum atomic E-state index is 0.0848. The number of hydrogen-bond donors (Lipinski definition) is 2. The summed E-state index contributed by atoms with van der Waals surface area (Å²) in [6.45, 7) is 1.69. The molecule has 1 atom stereocenters. The van der Waals surface area contributed by atoms with Crippen molar-refractivity contribution in [2.24, 2.45) is 5.92 Å². The van der Waals surface area contributed by atoms with E-state index in [2.05, 4.69) is 21.2 Å². The maximum Gasteiger partial charge on any atom is 0.169 e. The van der Waals surface area contributed by atoms with Crippen LogP contribution in [0.1, 0.15) is 16.8 Å². The Balaban J connectivity index is 2.28. The van der Waals surface area contributed by atoms with Crippen molar-refractivity contribution >= 4 is 27.4 Å². The monoisotopic (exact) mass is 268 g/mol. The number of para-hydroxylation sites is 1. The van der Waals surface area contributed by atoms with Crippen molar-refractivity contribution < 1.29 is 4.79 Å². The molecule has 2 rings (SSSR count). The van der Waals surface area contributed by atoms with Crippen molar-refractivity contribution in [2.45, 2.75) is 6.42 Å². The number of rotatable bonds is 2. The first-order chi connectivity index (χ1) is 7.20. The smallest absolute Gasteiger partial charge is 0.169 e. The Hall–Kier alpha value is -0.870. The van der Waals surface area contributed by atoms with E-state index in [4.69, 9.17) is 5.73 Å². The fourth-order valence-corrected chi connectivity index (χ4v) is 2.22. The van der Waals surface area contributed by atoms with E-state index in [1.54, 1.807) is 6.07 Å². The molecule has 1 saturated heterocycles. The second-order valence-electron chi connectivity index (χ2n) is 3.76. The lowest BCUT2D eigenvalue weighted by atomic mass is 9.96. The Morgan fingerprint density at radius 1 is 1.53 bits per heavy atom. The number of hydrogen-bond acceptors (Lipinski definition) is 3. The van der Waals surface area contributed by atoms with E-state index >= 15 is 0 Å². The zero-order valence-electron chi connectivity index (χ0n) is 8.29. The predicted molar refractivity (Wildman–Crippen MR) is 63.9 cm³/mol. The normalized spacial score (nSPS) is 20.5. The molecule has 0 bridgehead atoms. The van der Waals surface area contributed by atoms with E-state index in [9.17, 15) is 4.79 Å². The molecule has 0 saturated carbocycles. The van der Waals surface area contributed by atoms with Crippen molar-refractivity contribution in [1.29, 1.82) is 0 Å². The highest BCUT2D eigenvalue weighted by atomic mass is 79.9. The third-order valence-corrected chi connectivity index (χ3v) is 3.44. The summed E-state index contributed by atoms with van der Waals surface area (Å²) < 4.78 is 0.791. The topological polar surface area (TPSA) is 55.1 Å². The van der Waals surface area contributed by atoms with Crippen molar-refractivity contribution in [3.63, 3.8) is 0 Å². The quantitative estimate of drug-likeness (QED) is 0.636. The van der Waals surface area contributed by atoms with E-state index in [0.717, 1.165) is 24.0 Å². The summed E-state index contributed by atoms with van der Waals surface area (Å²) in [6.07, 6.45) is 0.908. The lowest BCUT2D eigenvalue weighted by Gasteiger charge is -2.10. The molecular formula is C11H13BrN2O. The summed E-state index contributed by atoms with van der Waals surface area (Å²) in [5.41, 5.74) is 7.05. The van der Waals surface area contributed by atoms with Gasteiger partial charge in [-0.2, -0.15) is 0 Å². The first-order valence-corrected chi connectivity index (χ1v) is 5.78. The molecule has 15 heavy (non-hydrogen) atoms. The molecule has 1 heterocycles. The van der Waals surface area contributed by atoms with E-state index in [1.807, 2.05) is 12.1 Å². The van der Waals surface area contributed by atoms with Gasteiger partial charge in [-0.15, -0.1) is 0 Å². The Bertz CT molecular complexity index is 386. The molecule has 1 aliphatic rings. The predicted octanol–water partition coefficient (Wildman–Crippen LogP) is 1.82. The Labute approximate surface area is 97.2 Å². The first-order valence-electron chi connectivity index (χ1n) is 4.99. The second-order valence-corrected chi connectivity index (χ2v) is 4.61. The molecule has 0 aliphatic carbocycles. The number of halogens is 1. The Morgan fingerprint density at radius 2 is 2.33 bits per heavy atom. The number of ketones is 1. The zero-order valence-corrected chi connectivity index (χ0v) is 9.88. The highest BCUT2D eigenvalue weighted by Gasteiger charge is 2.25. The Kier molecular flexibility index (Phi) is 3.07. The molecule has 0 spiro atoms. The number of nitrogen functional groups attached to an aromatic ring is 1. The lowest BCUT2D eigenvalue weighted by Crippen LogP contribution is -2.19. The van der Waals surface area contributed by atoms with E-state index in [1.165, 1.54) is 0 Å². The molecule has 80 valence electrons. The molecule has 4 heteroatoms. The van der Waals surface area contributed by atoms with Crippen LogP contribution in [0.5, 0.6) is 0 Å². The van der Waals surface area contributed by atoms with Crippen LogP contribution in [0.3, 0.4) is 0 Å². The van der Waals surface area contributed by atoms with Gasteiger partial charge in [0, 0.05) is 22.5 Å². The van der Waals surface area contributed by atoms with Gasteiger partial charge in [0.05, 0.1) is 5.69 Å². The van der Waals surface area contributed by atoms with Gasteiger partial charge in [-0.05, 0) is 41.0 Å². The number of Topliss-reactive ketones (excluding diaryl/α,β-unsaturated/α-hetero) is 1. The van der Waals surface area contributed by atoms with Crippen molar-refractivity contribution in [2.75, 3.05) is 18.8 Å². The largest absolute Gasteiger partial charge is 0.397 e. The van der Waals surface area contributed by atoms with E-state index in [0.29, 0.717) is 11.3 Å². The summed E-state index contributed by atoms with van der Waals surface area (Å²) in [5, 5.41) is 3.18. The molecule has 0 aromatic heterocycles. The lowest BCUT2D eigenvalue weighted by molar-refractivity contribution is 0.0931. The van der Waals surface area contributed by atoms with Crippen LogP contribution in [-0.2, 0) is 0 Å². The maximum atomic E-state index is 12.1. The van der Waals surface area contributed by atoms with Crippen molar-refractivity contribution in [3.8, 4) is 0 Å². The van der Waals surface area contributed by atoms with Crippen LogP contribution >= 0.6 is 15.9 Å². The molecule has 1 unspecified atom stereocenters. The van der Waals surface area contributed by atoms with Gasteiger partial charge in [0.2, 0.25) is 0 Å². The molecule has 0 radical (unpaired) electrons. The average Bonchev–Trinajstić information content (AvgIpc) is 2.74. The first kappa shape index (κ1) is 10.6. The van der Waals surface area contributed by atoms with Gasteiger partial charge >= 0.3 is 0 Å². The fraction of sp³-hybridized carbons (Fsp3) is 0.364. The third kappa shape index (κ3) is 2.06. The van der Waals surface area contributed by atoms with E-state index in [-0.39, 0.29) is 11.7 Å². The molecule has 1 aliphatic heterocycles. The molecule has 3 nitrogen and oxygen atoms in total. The van der Waals surface area contributed by atoms with Gasteiger partial charge in [-0.3, -0.25) is 4.79 Å². The van der Waals surface area contributed by atoms with Gasteiger partial charge in [0.15, 0.2) is 5.78 Å². The van der Waals surface area contributed by atoms with Gasteiger partial charge in [0.1, 0.15) is 0 Å². The highest BCUT2D eigenvalue weighted by Crippen LogP contribution is 2.26. The molecule has 0 amide bonds. The molecule has 1 aromatic carbocycles. The van der Waals surface area contributed by atoms with Crippen LogP contribution in [0.25, 0.3) is 0 Å². The van der Waals surface area contributed by atoms with Gasteiger partial charge in [-0.25, -0.2) is 0 Å². The molecule has 1 fully saturated rings. The standard InChI is InChI=1S/C11H13BrN2O/c12-9-3-1-2-8(10(9)13)11(15)7-4-5-14-6-7/h1-3,7,14H,4-6,13H2. The summed E-state index contributed by atoms with van der Waals surface area (Å²) >= 11 is 3.33. The summed E-state index contributed by atoms with van der Waals surface area (Å²) in [6, 6.07) is 5.48. The van der Waals surface area contributed by atoms with Crippen LogP contribution < -0.4 is 11.1 Å². The fourth-order valence-electron chi connectivity index (χ4n) is 1.85. The maximum absolute atomic E-state index is 12.1. The minimum absolute atomic E-state index is 0.0848. The van der Waals surface area contributed by atoms with Gasteiger partial charge < -0.3 is 11.1 Å². The average molecular weight is 269 g/mol. The Morgan fingerprint density at radius 3 is 3.00 bits per heavy atom. The van der Waals surface area contributed by atoms with Crippen LogP contribution in [0.15, 0.2) is 22.7 Å². The van der Waals surface area contributed by atoms with Crippen LogP contribution in [0.2, 0.25) is 0 Å². The molecule has 1 aromatic rings. The van der Waals surface area contributed by atoms with E-state index < -0.39 is 0 Å². The third-order valence-electron chi connectivity index (χ3n) is 2.75. The summed E-state index contributed by atoms with van der Waals surface area (Å²) in [4.78, 5) is 12.1.